The van der Waals surface area contributed by atoms with Gasteiger partial charge in [0.15, 0.2) is 0 Å². The zero-order chi connectivity index (χ0) is 12.0. The Balaban J connectivity index is 2.14. The van der Waals surface area contributed by atoms with Crippen molar-refractivity contribution in [2.24, 2.45) is 10.8 Å². The summed E-state index contributed by atoms with van der Waals surface area (Å²) in [6, 6.07) is 0. The fourth-order valence-electron chi connectivity index (χ4n) is 3.18. The van der Waals surface area contributed by atoms with Crippen molar-refractivity contribution in [1.29, 1.82) is 0 Å². The first-order valence-electron chi connectivity index (χ1n) is 5.96. The quantitative estimate of drug-likeness (QED) is 0.696. The van der Waals surface area contributed by atoms with Crippen molar-refractivity contribution in [3.05, 3.63) is 0 Å². The van der Waals surface area contributed by atoms with Crippen molar-refractivity contribution in [1.82, 2.24) is 5.32 Å². The van der Waals surface area contributed by atoms with Gasteiger partial charge in [0.25, 0.3) is 0 Å². The molecule has 1 aliphatic heterocycles. The summed E-state index contributed by atoms with van der Waals surface area (Å²) in [5.74, 6) is -0.244. The highest BCUT2D eigenvalue weighted by molar-refractivity contribution is 5.80. The first-order valence-corrected chi connectivity index (χ1v) is 5.96. The predicted molar refractivity (Wildman–Crippen MR) is 59.9 cm³/mol. The first kappa shape index (κ1) is 11.9. The summed E-state index contributed by atoms with van der Waals surface area (Å²) >= 11 is 0. The second-order valence-electron chi connectivity index (χ2n) is 5.96. The van der Waals surface area contributed by atoms with Gasteiger partial charge in [0.05, 0.1) is 12.2 Å². The van der Waals surface area contributed by atoms with E-state index in [4.69, 9.17) is 4.74 Å². The van der Waals surface area contributed by atoms with Gasteiger partial charge in [0.1, 0.15) is 5.41 Å². The summed E-state index contributed by atoms with van der Waals surface area (Å²) in [5, 5.41) is 13.7. The van der Waals surface area contributed by atoms with E-state index in [0.29, 0.717) is 32.5 Å². The number of hydrogen-bond acceptors (Lipinski definition) is 4. The van der Waals surface area contributed by atoms with E-state index < -0.39 is 11.0 Å². The van der Waals surface area contributed by atoms with E-state index in [0.717, 1.165) is 0 Å². The van der Waals surface area contributed by atoms with Crippen molar-refractivity contribution >= 4 is 5.97 Å². The lowest BCUT2D eigenvalue weighted by Crippen LogP contribution is -2.74. The maximum absolute atomic E-state index is 12.0. The van der Waals surface area contributed by atoms with Crippen molar-refractivity contribution in [2.75, 3.05) is 19.7 Å². The molecule has 4 nitrogen and oxygen atoms in total. The minimum atomic E-state index is -0.867. The van der Waals surface area contributed by atoms with E-state index in [2.05, 4.69) is 19.2 Å². The van der Waals surface area contributed by atoms with Gasteiger partial charge in [0.2, 0.25) is 0 Å². The molecule has 0 unspecified atom stereocenters. The maximum Gasteiger partial charge on any atom is 0.317 e. The number of esters is 1. The Hall–Kier alpha value is -0.610. The van der Waals surface area contributed by atoms with Crippen LogP contribution in [0, 0.1) is 10.8 Å². The van der Waals surface area contributed by atoms with E-state index in [9.17, 15) is 9.90 Å². The molecule has 0 spiro atoms. The van der Waals surface area contributed by atoms with E-state index in [-0.39, 0.29) is 11.4 Å². The van der Waals surface area contributed by atoms with Crippen molar-refractivity contribution in [3.8, 4) is 0 Å². The van der Waals surface area contributed by atoms with Gasteiger partial charge in [-0.15, -0.1) is 0 Å². The lowest BCUT2D eigenvalue weighted by atomic mass is 9.49. The molecule has 0 bridgehead atoms. The number of ether oxygens (including phenoxy) is 1. The van der Waals surface area contributed by atoms with Gasteiger partial charge in [-0.25, -0.2) is 0 Å². The van der Waals surface area contributed by atoms with Crippen molar-refractivity contribution in [2.45, 2.75) is 39.2 Å². The fraction of sp³-hybridized carbons (Fsp3) is 0.917. The van der Waals surface area contributed by atoms with Crippen LogP contribution in [0.25, 0.3) is 0 Å². The smallest absolute Gasteiger partial charge is 0.317 e. The van der Waals surface area contributed by atoms with Gasteiger partial charge in [-0.3, -0.25) is 4.79 Å². The van der Waals surface area contributed by atoms with Gasteiger partial charge in [-0.05, 0) is 25.2 Å². The van der Waals surface area contributed by atoms with Crippen LogP contribution in [0.5, 0.6) is 0 Å². The van der Waals surface area contributed by atoms with Crippen LogP contribution in [0.1, 0.15) is 33.6 Å². The molecule has 1 aliphatic carbocycles. The maximum atomic E-state index is 12.0. The molecule has 0 aromatic carbocycles. The Morgan fingerprint density at radius 2 is 1.94 bits per heavy atom. The van der Waals surface area contributed by atoms with Gasteiger partial charge >= 0.3 is 5.97 Å². The predicted octanol–water partition coefficient (Wildman–Crippen LogP) is 0.690. The van der Waals surface area contributed by atoms with Crippen LogP contribution in [-0.2, 0) is 9.53 Å². The third-order valence-corrected chi connectivity index (χ3v) is 3.95. The third-order valence-electron chi connectivity index (χ3n) is 3.95. The van der Waals surface area contributed by atoms with Gasteiger partial charge in [0, 0.05) is 13.1 Å². The molecule has 2 aliphatic rings. The molecular formula is C12H21NO3. The molecule has 92 valence electrons. The van der Waals surface area contributed by atoms with Crippen LogP contribution in [-0.4, -0.2) is 36.4 Å². The molecule has 0 amide bonds. The average Bonchev–Trinajstić information content (AvgIpc) is 1.97. The molecule has 2 N–H and O–H groups in total. The van der Waals surface area contributed by atoms with E-state index >= 15 is 0 Å². The highest BCUT2D eigenvalue weighted by Gasteiger charge is 2.67. The van der Waals surface area contributed by atoms with E-state index in [1.807, 2.05) is 0 Å². The molecule has 4 heteroatoms. The number of aliphatic hydroxyl groups is 1. The summed E-state index contributed by atoms with van der Waals surface area (Å²) in [5.41, 5.74) is -1.42. The highest BCUT2D eigenvalue weighted by Crippen LogP contribution is 2.57. The SMILES string of the molecule is CCOC(=O)C1(C2(O)CC(C)(C)C2)CNC1. The van der Waals surface area contributed by atoms with Crippen LogP contribution in [0.3, 0.4) is 0 Å². The Morgan fingerprint density at radius 3 is 2.25 bits per heavy atom. The lowest BCUT2D eigenvalue weighted by molar-refractivity contribution is -0.225. The first-order chi connectivity index (χ1) is 7.35. The topological polar surface area (TPSA) is 58.6 Å². The summed E-state index contributed by atoms with van der Waals surface area (Å²) in [7, 11) is 0. The summed E-state index contributed by atoms with van der Waals surface area (Å²) in [6.45, 7) is 7.49. The number of carbonyl (C=O) groups excluding carboxylic acids is 1. The molecule has 2 rings (SSSR count). The van der Waals surface area contributed by atoms with Crippen molar-refractivity contribution < 1.29 is 14.6 Å². The van der Waals surface area contributed by atoms with Crippen LogP contribution in [0.4, 0.5) is 0 Å². The zero-order valence-corrected chi connectivity index (χ0v) is 10.3. The molecular weight excluding hydrogens is 206 g/mol. The minimum Gasteiger partial charge on any atom is -0.465 e. The van der Waals surface area contributed by atoms with Crippen LogP contribution < -0.4 is 5.32 Å². The largest absolute Gasteiger partial charge is 0.465 e. The Morgan fingerprint density at radius 1 is 1.38 bits per heavy atom. The second-order valence-corrected chi connectivity index (χ2v) is 5.96. The van der Waals surface area contributed by atoms with E-state index in [1.54, 1.807) is 6.92 Å². The summed E-state index contributed by atoms with van der Waals surface area (Å²) in [4.78, 5) is 12.0. The number of hydrogen-bond donors (Lipinski definition) is 2. The van der Waals surface area contributed by atoms with Crippen LogP contribution >= 0.6 is 0 Å². The monoisotopic (exact) mass is 227 g/mol. The van der Waals surface area contributed by atoms with Crippen molar-refractivity contribution in [3.63, 3.8) is 0 Å². The lowest BCUT2D eigenvalue weighted by Gasteiger charge is -2.61. The van der Waals surface area contributed by atoms with Gasteiger partial charge in [-0.2, -0.15) is 0 Å². The Labute approximate surface area is 96.4 Å². The average molecular weight is 227 g/mol. The minimum absolute atomic E-state index is 0.143. The molecule has 0 aromatic rings. The van der Waals surface area contributed by atoms with Crippen LogP contribution in [0.2, 0.25) is 0 Å². The number of nitrogens with one attached hydrogen (secondary N) is 1. The molecule has 1 saturated heterocycles. The highest BCUT2D eigenvalue weighted by atomic mass is 16.5. The molecule has 16 heavy (non-hydrogen) atoms. The Bertz CT molecular complexity index is 299. The third kappa shape index (κ3) is 1.47. The normalized spacial score (nSPS) is 28.8. The molecule has 0 atom stereocenters. The molecule has 1 saturated carbocycles. The summed E-state index contributed by atoms with van der Waals surface area (Å²) < 4.78 is 5.10. The molecule has 1 heterocycles. The summed E-state index contributed by atoms with van der Waals surface area (Å²) in [6.07, 6.45) is 1.36. The fourth-order valence-corrected chi connectivity index (χ4v) is 3.18. The Kier molecular flexibility index (Phi) is 2.55. The van der Waals surface area contributed by atoms with E-state index in [1.165, 1.54) is 0 Å². The molecule has 0 radical (unpaired) electrons. The van der Waals surface area contributed by atoms with Gasteiger partial charge < -0.3 is 15.2 Å². The second kappa shape index (κ2) is 3.44. The zero-order valence-electron chi connectivity index (χ0n) is 10.3. The molecule has 0 aromatic heterocycles. The number of carbonyl (C=O) groups is 1. The van der Waals surface area contributed by atoms with Crippen LogP contribution in [0.15, 0.2) is 0 Å². The standard InChI is InChI=1S/C12H21NO3/c1-4-16-9(14)11(7-13-8-11)12(15)5-10(2,3)6-12/h13,15H,4-8H2,1-3H3. The number of rotatable bonds is 3. The van der Waals surface area contributed by atoms with Gasteiger partial charge in [-0.1, -0.05) is 13.8 Å². The molecule has 2 fully saturated rings.